The summed E-state index contributed by atoms with van der Waals surface area (Å²) >= 11 is 0. The Bertz CT molecular complexity index is 428. The van der Waals surface area contributed by atoms with Gasteiger partial charge in [0.15, 0.2) is 0 Å². The van der Waals surface area contributed by atoms with Gasteiger partial charge >= 0.3 is 0 Å². The lowest BCUT2D eigenvalue weighted by molar-refractivity contribution is -0.120. The molecule has 5 nitrogen and oxygen atoms in total. The number of hydrogen-bond acceptors (Lipinski definition) is 4. The Morgan fingerprint density at radius 1 is 1.29 bits per heavy atom. The number of nitrogens with one attached hydrogen (secondary N) is 1. The first-order valence-corrected chi connectivity index (χ1v) is 7.47. The second-order valence-corrected chi connectivity index (χ2v) is 5.14. The molecular formula is C16H24N2O3. The van der Waals surface area contributed by atoms with E-state index in [2.05, 4.69) is 22.3 Å². The van der Waals surface area contributed by atoms with Gasteiger partial charge in [0.25, 0.3) is 0 Å². The van der Waals surface area contributed by atoms with Crippen molar-refractivity contribution in [3.63, 3.8) is 0 Å². The highest BCUT2D eigenvalue weighted by atomic mass is 16.5. The fraction of sp³-hybridized carbons (Fsp3) is 0.562. The molecule has 1 amide bonds. The fourth-order valence-corrected chi connectivity index (χ4v) is 2.34. The van der Waals surface area contributed by atoms with E-state index in [0.717, 1.165) is 38.3 Å². The van der Waals surface area contributed by atoms with Gasteiger partial charge in [-0.15, -0.1) is 0 Å². The molecule has 1 saturated heterocycles. The summed E-state index contributed by atoms with van der Waals surface area (Å²) in [5.41, 5.74) is 2.24. The molecule has 116 valence electrons. The van der Waals surface area contributed by atoms with Crippen LogP contribution in [0, 0.1) is 0 Å². The fourth-order valence-electron chi connectivity index (χ4n) is 2.34. The van der Waals surface area contributed by atoms with E-state index in [-0.39, 0.29) is 5.91 Å². The van der Waals surface area contributed by atoms with Crippen molar-refractivity contribution < 1.29 is 14.3 Å². The predicted molar refractivity (Wildman–Crippen MR) is 82.7 cm³/mol. The lowest BCUT2D eigenvalue weighted by Gasteiger charge is -2.28. The van der Waals surface area contributed by atoms with Crippen LogP contribution < -0.4 is 10.2 Å². The molecule has 1 N–H and O–H groups in total. The van der Waals surface area contributed by atoms with Crippen LogP contribution in [-0.2, 0) is 20.7 Å². The molecule has 0 spiro atoms. The van der Waals surface area contributed by atoms with Crippen molar-refractivity contribution in [3.8, 4) is 0 Å². The Hall–Kier alpha value is -1.59. The number of methoxy groups -OCH3 is 1. The van der Waals surface area contributed by atoms with Gasteiger partial charge in [0.1, 0.15) is 0 Å². The highest BCUT2D eigenvalue weighted by molar-refractivity contribution is 5.78. The zero-order chi connectivity index (χ0) is 14.9. The van der Waals surface area contributed by atoms with E-state index >= 15 is 0 Å². The zero-order valence-electron chi connectivity index (χ0n) is 12.6. The van der Waals surface area contributed by atoms with Gasteiger partial charge in [-0.3, -0.25) is 4.79 Å². The molecule has 0 radical (unpaired) electrons. The van der Waals surface area contributed by atoms with E-state index in [1.807, 2.05) is 12.1 Å². The molecule has 1 aromatic rings. The van der Waals surface area contributed by atoms with Gasteiger partial charge in [0, 0.05) is 39.0 Å². The van der Waals surface area contributed by atoms with Crippen molar-refractivity contribution in [1.29, 1.82) is 0 Å². The van der Waals surface area contributed by atoms with Crippen LogP contribution in [-0.4, -0.2) is 52.5 Å². The van der Waals surface area contributed by atoms with Crippen LogP contribution in [0.4, 0.5) is 5.69 Å². The maximum atomic E-state index is 11.8. The molecule has 2 rings (SSSR count). The van der Waals surface area contributed by atoms with Crippen molar-refractivity contribution in [3.05, 3.63) is 29.8 Å². The van der Waals surface area contributed by atoms with E-state index < -0.39 is 0 Å². The van der Waals surface area contributed by atoms with Crippen molar-refractivity contribution in [1.82, 2.24) is 5.32 Å². The summed E-state index contributed by atoms with van der Waals surface area (Å²) < 4.78 is 10.3. The van der Waals surface area contributed by atoms with Crippen LogP contribution in [0.3, 0.4) is 0 Å². The third-order valence-corrected chi connectivity index (χ3v) is 3.52. The number of benzene rings is 1. The highest BCUT2D eigenvalue weighted by Gasteiger charge is 2.11. The molecule has 0 atom stereocenters. The minimum Gasteiger partial charge on any atom is -0.385 e. The number of hydrogen-bond donors (Lipinski definition) is 1. The lowest BCUT2D eigenvalue weighted by atomic mass is 10.1. The molecule has 0 aliphatic carbocycles. The van der Waals surface area contributed by atoms with Gasteiger partial charge in [0.2, 0.25) is 5.91 Å². The highest BCUT2D eigenvalue weighted by Crippen LogP contribution is 2.16. The Morgan fingerprint density at radius 2 is 2.00 bits per heavy atom. The molecule has 5 heteroatoms. The number of carbonyl (C=O) groups is 1. The molecular weight excluding hydrogens is 268 g/mol. The lowest BCUT2D eigenvalue weighted by Crippen LogP contribution is -2.36. The summed E-state index contributed by atoms with van der Waals surface area (Å²) in [6.07, 6.45) is 1.27. The van der Waals surface area contributed by atoms with Crippen molar-refractivity contribution in [2.24, 2.45) is 0 Å². The first-order valence-electron chi connectivity index (χ1n) is 7.47. The average Bonchev–Trinajstić information content (AvgIpc) is 2.53. The largest absolute Gasteiger partial charge is 0.385 e. The topological polar surface area (TPSA) is 50.8 Å². The van der Waals surface area contributed by atoms with Gasteiger partial charge in [-0.2, -0.15) is 0 Å². The summed E-state index contributed by atoms with van der Waals surface area (Å²) in [5, 5.41) is 2.90. The number of amides is 1. The van der Waals surface area contributed by atoms with Crippen LogP contribution >= 0.6 is 0 Å². The molecule has 0 unspecified atom stereocenters. The van der Waals surface area contributed by atoms with Crippen molar-refractivity contribution >= 4 is 11.6 Å². The third-order valence-electron chi connectivity index (χ3n) is 3.52. The van der Waals surface area contributed by atoms with E-state index in [1.54, 1.807) is 7.11 Å². The number of nitrogens with zero attached hydrogens (tertiary/aromatic N) is 1. The minimum absolute atomic E-state index is 0.0604. The zero-order valence-corrected chi connectivity index (χ0v) is 12.6. The molecule has 1 aromatic carbocycles. The predicted octanol–water partition coefficient (Wildman–Crippen LogP) is 1.22. The number of morpholine rings is 1. The molecule has 1 aliphatic heterocycles. The third kappa shape index (κ3) is 5.36. The van der Waals surface area contributed by atoms with E-state index in [9.17, 15) is 4.79 Å². The molecule has 21 heavy (non-hydrogen) atoms. The van der Waals surface area contributed by atoms with Crippen LogP contribution in [0.15, 0.2) is 24.3 Å². The normalized spacial score (nSPS) is 15.0. The summed E-state index contributed by atoms with van der Waals surface area (Å²) in [7, 11) is 1.66. The second-order valence-electron chi connectivity index (χ2n) is 5.14. The smallest absolute Gasteiger partial charge is 0.224 e. The number of ether oxygens (including phenoxy) is 2. The first-order chi connectivity index (χ1) is 10.3. The Balaban J connectivity index is 1.77. The number of rotatable bonds is 7. The second kappa shape index (κ2) is 8.64. The molecule has 0 aromatic heterocycles. The molecule has 1 heterocycles. The average molecular weight is 292 g/mol. The van der Waals surface area contributed by atoms with Gasteiger partial charge < -0.3 is 19.7 Å². The van der Waals surface area contributed by atoms with Crippen molar-refractivity contribution in [2.75, 3.05) is 51.5 Å². The number of carbonyl (C=O) groups excluding carboxylic acids is 1. The summed E-state index contributed by atoms with van der Waals surface area (Å²) in [6, 6.07) is 8.22. The summed E-state index contributed by atoms with van der Waals surface area (Å²) in [4.78, 5) is 14.1. The number of anilines is 1. The van der Waals surface area contributed by atoms with Gasteiger partial charge in [-0.05, 0) is 24.1 Å². The van der Waals surface area contributed by atoms with Gasteiger partial charge in [0.05, 0.1) is 19.6 Å². The van der Waals surface area contributed by atoms with Crippen LogP contribution in [0.1, 0.15) is 12.0 Å². The summed E-state index contributed by atoms with van der Waals surface area (Å²) in [5.74, 6) is 0.0604. The molecule has 1 fully saturated rings. The van der Waals surface area contributed by atoms with Crippen LogP contribution in [0.2, 0.25) is 0 Å². The van der Waals surface area contributed by atoms with Crippen molar-refractivity contribution in [2.45, 2.75) is 12.8 Å². The first kappa shape index (κ1) is 15.8. The van der Waals surface area contributed by atoms with Crippen LogP contribution in [0.25, 0.3) is 0 Å². The van der Waals surface area contributed by atoms with Gasteiger partial charge in [-0.1, -0.05) is 12.1 Å². The minimum atomic E-state index is 0.0604. The van der Waals surface area contributed by atoms with E-state index in [4.69, 9.17) is 9.47 Å². The molecule has 0 bridgehead atoms. The van der Waals surface area contributed by atoms with E-state index in [1.165, 1.54) is 5.69 Å². The van der Waals surface area contributed by atoms with Crippen LogP contribution in [0.5, 0.6) is 0 Å². The monoisotopic (exact) mass is 292 g/mol. The Kier molecular flexibility index (Phi) is 6.50. The quantitative estimate of drug-likeness (QED) is 0.768. The summed E-state index contributed by atoms with van der Waals surface area (Å²) in [6.45, 7) is 4.77. The maximum Gasteiger partial charge on any atom is 0.224 e. The SMILES string of the molecule is COCCCNC(=O)Cc1ccc(N2CCOCC2)cc1. The Labute approximate surface area is 126 Å². The Morgan fingerprint density at radius 3 is 2.67 bits per heavy atom. The molecule has 0 saturated carbocycles. The molecule has 1 aliphatic rings. The maximum absolute atomic E-state index is 11.8. The van der Waals surface area contributed by atoms with Gasteiger partial charge in [-0.25, -0.2) is 0 Å². The van der Waals surface area contributed by atoms with E-state index in [0.29, 0.717) is 19.6 Å². The standard InChI is InChI=1S/C16H24N2O3/c1-20-10-2-7-17-16(19)13-14-3-5-15(6-4-14)18-8-11-21-12-9-18/h3-6H,2,7-13H2,1H3,(H,17,19).